The molecule has 102 valence electrons. The molecule has 0 aliphatic heterocycles. The maximum absolute atomic E-state index is 6.12. The zero-order chi connectivity index (χ0) is 13.8. The predicted octanol–water partition coefficient (Wildman–Crippen LogP) is 3.64. The fraction of sp³-hybridized carbons (Fsp3) is 0.357. The van der Waals surface area contributed by atoms with Gasteiger partial charge in [-0.15, -0.1) is 11.3 Å². The lowest BCUT2D eigenvalue weighted by Crippen LogP contribution is -2.22. The zero-order valence-electron chi connectivity index (χ0n) is 11.3. The second-order valence-corrected chi connectivity index (χ2v) is 6.67. The molecule has 0 radical (unpaired) electrons. The van der Waals surface area contributed by atoms with Crippen LogP contribution in [0.15, 0.2) is 34.0 Å². The Morgan fingerprint density at radius 3 is 2.47 bits per heavy atom. The molecule has 0 bridgehead atoms. The Morgan fingerprint density at radius 2 is 2.00 bits per heavy atom. The summed E-state index contributed by atoms with van der Waals surface area (Å²) in [6.45, 7) is 4.04. The van der Waals surface area contributed by atoms with E-state index in [0.29, 0.717) is 0 Å². The van der Waals surface area contributed by atoms with E-state index in [9.17, 15) is 0 Å². The quantitative estimate of drug-likeness (QED) is 0.855. The summed E-state index contributed by atoms with van der Waals surface area (Å²) in [5, 5.41) is 2.27. The lowest BCUT2D eigenvalue weighted by atomic mass is 10.1. The highest BCUT2D eigenvalue weighted by Crippen LogP contribution is 2.38. The molecule has 0 saturated heterocycles. The van der Waals surface area contributed by atoms with Gasteiger partial charge >= 0.3 is 0 Å². The van der Waals surface area contributed by atoms with Crippen molar-refractivity contribution in [1.29, 1.82) is 0 Å². The van der Waals surface area contributed by atoms with Crippen LogP contribution in [0.5, 0.6) is 5.75 Å². The summed E-state index contributed by atoms with van der Waals surface area (Å²) in [5.74, 6) is 0.863. The van der Waals surface area contributed by atoms with Crippen molar-refractivity contribution >= 4 is 23.1 Å². The van der Waals surface area contributed by atoms with Crippen LogP contribution in [0.2, 0.25) is 0 Å². The maximum Gasteiger partial charge on any atom is 0.150 e. The molecule has 3 nitrogen and oxygen atoms in total. The van der Waals surface area contributed by atoms with Crippen molar-refractivity contribution in [3.8, 4) is 5.75 Å². The fourth-order valence-electron chi connectivity index (χ4n) is 1.77. The van der Waals surface area contributed by atoms with Gasteiger partial charge in [-0.05, 0) is 31.5 Å². The largest absolute Gasteiger partial charge is 0.497 e. The number of aryl methyl sites for hydroxylation is 1. The Labute approximate surface area is 122 Å². The molecule has 5 heteroatoms. The Bertz CT molecular complexity index is 522. The molecule has 1 aromatic heterocycles. The van der Waals surface area contributed by atoms with Crippen LogP contribution in [0.4, 0.5) is 0 Å². The maximum atomic E-state index is 6.12. The summed E-state index contributed by atoms with van der Waals surface area (Å²) < 4.78 is 6.25. The van der Waals surface area contributed by atoms with Gasteiger partial charge < -0.3 is 10.5 Å². The van der Waals surface area contributed by atoms with E-state index in [2.05, 4.69) is 22.5 Å². The molecule has 19 heavy (non-hydrogen) atoms. The van der Waals surface area contributed by atoms with E-state index >= 15 is 0 Å². The van der Waals surface area contributed by atoms with Gasteiger partial charge in [-0.3, -0.25) is 0 Å². The first-order valence-corrected chi connectivity index (χ1v) is 7.84. The monoisotopic (exact) mass is 294 g/mol. The number of hydrogen-bond acceptors (Lipinski definition) is 5. The molecule has 0 aliphatic rings. The van der Waals surface area contributed by atoms with Gasteiger partial charge in [0.05, 0.1) is 12.4 Å². The molecule has 0 spiro atoms. The number of methoxy groups -OCH3 is 1. The van der Waals surface area contributed by atoms with E-state index in [1.54, 1.807) is 30.2 Å². The number of thiazole rings is 1. The highest BCUT2D eigenvalue weighted by Gasteiger charge is 2.19. The van der Waals surface area contributed by atoms with Crippen molar-refractivity contribution in [2.45, 2.75) is 29.5 Å². The standard InChI is InChI=1S/C14H18N2OS2/c1-9-8-18-14(16-9)19-13(10(2)15)11-4-6-12(17-3)7-5-11/h4-8,10,13H,15H2,1-3H3. The Morgan fingerprint density at radius 1 is 1.32 bits per heavy atom. The highest BCUT2D eigenvalue weighted by atomic mass is 32.2. The Balaban J connectivity index is 2.19. The number of aromatic nitrogens is 1. The van der Waals surface area contributed by atoms with Gasteiger partial charge in [0.25, 0.3) is 0 Å². The number of benzene rings is 1. The van der Waals surface area contributed by atoms with Crippen molar-refractivity contribution in [2.24, 2.45) is 5.73 Å². The molecule has 0 amide bonds. The molecule has 2 rings (SSSR count). The topological polar surface area (TPSA) is 48.1 Å². The van der Waals surface area contributed by atoms with Gasteiger partial charge in [0.15, 0.2) is 4.34 Å². The van der Waals surface area contributed by atoms with Crippen molar-refractivity contribution in [1.82, 2.24) is 4.98 Å². The van der Waals surface area contributed by atoms with Crippen LogP contribution in [0, 0.1) is 6.92 Å². The summed E-state index contributed by atoms with van der Waals surface area (Å²) >= 11 is 3.39. The number of thioether (sulfide) groups is 1. The highest BCUT2D eigenvalue weighted by molar-refractivity contribution is 8.01. The van der Waals surface area contributed by atoms with E-state index in [1.807, 2.05) is 26.0 Å². The van der Waals surface area contributed by atoms with Crippen LogP contribution in [0.3, 0.4) is 0 Å². The van der Waals surface area contributed by atoms with Crippen LogP contribution >= 0.6 is 23.1 Å². The molecule has 1 heterocycles. The average molecular weight is 294 g/mol. The van der Waals surface area contributed by atoms with Gasteiger partial charge in [-0.25, -0.2) is 4.98 Å². The van der Waals surface area contributed by atoms with Crippen LogP contribution in [0.1, 0.15) is 23.4 Å². The minimum atomic E-state index is 0.0580. The first-order chi connectivity index (χ1) is 9.10. The third kappa shape index (κ3) is 3.72. The molecular formula is C14H18N2OS2. The van der Waals surface area contributed by atoms with Crippen molar-refractivity contribution in [3.05, 3.63) is 40.9 Å². The lowest BCUT2D eigenvalue weighted by Gasteiger charge is -2.19. The molecule has 1 aromatic carbocycles. The fourth-order valence-corrected chi connectivity index (χ4v) is 3.89. The van der Waals surface area contributed by atoms with Crippen molar-refractivity contribution < 1.29 is 4.74 Å². The third-order valence-corrected chi connectivity index (χ3v) is 5.33. The molecule has 2 aromatic rings. The van der Waals surface area contributed by atoms with Crippen LogP contribution in [-0.4, -0.2) is 18.1 Å². The van der Waals surface area contributed by atoms with Crippen LogP contribution in [0.25, 0.3) is 0 Å². The molecule has 2 atom stereocenters. The molecular weight excluding hydrogens is 276 g/mol. The third-order valence-electron chi connectivity index (χ3n) is 2.75. The van der Waals surface area contributed by atoms with E-state index in [4.69, 9.17) is 10.5 Å². The first kappa shape index (κ1) is 14.4. The Hall–Kier alpha value is -1.04. The molecule has 2 N–H and O–H groups in total. The predicted molar refractivity (Wildman–Crippen MR) is 82.1 cm³/mol. The van der Waals surface area contributed by atoms with E-state index in [0.717, 1.165) is 15.8 Å². The van der Waals surface area contributed by atoms with Crippen molar-refractivity contribution in [2.75, 3.05) is 7.11 Å². The van der Waals surface area contributed by atoms with Gasteiger partial charge in [0.2, 0.25) is 0 Å². The SMILES string of the molecule is COc1ccc(C(Sc2nc(C)cs2)C(C)N)cc1. The number of hydrogen-bond donors (Lipinski definition) is 1. The van der Waals surface area contributed by atoms with E-state index in [-0.39, 0.29) is 11.3 Å². The first-order valence-electron chi connectivity index (χ1n) is 6.08. The number of ether oxygens (including phenoxy) is 1. The lowest BCUT2D eigenvalue weighted by molar-refractivity contribution is 0.414. The smallest absolute Gasteiger partial charge is 0.150 e. The van der Waals surface area contributed by atoms with Gasteiger partial charge in [-0.2, -0.15) is 0 Å². The molecule has 0 fully saturated rings. The molecule has 0 saturated carbocycles. The van der Waals surface area contributed by atoms with Crippen molar-refractivity contribution in [3.63, 3.8) is 0 Å². The number of rotatable bonds is 5. The van der Waals surface area contributed by atoms with Crippen LogP contribution in [-0.2, 0) is 0 Å². The second-order valence-electron chi connectivity index (χ2n) is 4.43. The summed E-state index contributed by atoms with van der Waals surface area (Å²) in [6, 6.07) is 8.14. The summed E-state index contributed by atoms with van der Waals surface area (Å²) in [7, 11) is 1.67. The number of nitrogens with zero attached hydrogens (tertiary/aromatic N) is 1. The summed E-state index contributed by atoms with van der Waals surface area (Å²) in [5.41, 5.74) is 8.38. The molecule has 2 unspecified atom stereocenters. The molecule has 0 aliphatic carbocycles. The van der Waals surface area contributed by atoms with E-state index in [1.165, 1.54) is 5.56 Å². The average Bonchev–Trinajstić information content (AvgIpc) is 2.81. The van der Waals surface area contributed by atoms with Crippen LogP contribution < -0.4 is 10.5 Å². The van der Waals surface area contributed by atoms with Gasteiger partial charge in [0.1, 0.15) is 5.75 Å². The minimum Gasteiger partial charge on any atom is -0.497 e. The zero-order valence-corrected chi connectivity index (χ0v) is 12.9. The second kappa shape index (κ2) is 6.41. The van der Waals surface area contributed by atoms with Gasteiger partial charge in [-0.1, -0.05) is 23.9 Å². The normalized spacial score (nSPS) is 14.1. The van der Waals surface area contributed by atoms with E-state index < -0.39 is 0 Å². The minimum absolute atomic E-state index is 0.0580. The Kier molecular flexibility index (Phi) is 4.85. The summed E-state index contributed by atoms with van der Waals surface area (Å²) in [6.07, 6.45) is 0. The van der Waals surface area contributed by atoms with Gasteiger partial charge in [0, 0.05) is 17.1 Å². The number of nitrogens with two attached hydrogens (primary N) is 1. The summed E-state index contributed by atoms with van der Waals surface area (Å²) in [4.78, 5) is 4.49.